The summed E-state index contributed by atoms with van der Waals surface area (Å²) in [5.41, 5.74) is 1.36. The van der Waals surface area contributed by atoms with Crippen LogP contribution in [0, 0.1) is 0 Å². The molecule has 1 amide bonds. The van der Waals surface area contributed by atoms with E-state index < -0.39 is 5.41 Å². The monoisotopic (exact) mass is 393 g/mol. The number of rotatable bonds is 7. The van der Waals surface area contributed by atoms with E-state index in [-0.39, 0.29) is 12.7 Å². The highest BCUT2D eigenvalue weighted by molar-refractivity contribution is 5.79. The average molecular weight is 393 g/mol. The Morgan fingerprint density at radius 2 is 1.79 bits per heavy atom. The summed E-state index contributed by atoms with van der Waals surface area (Å²) < 4.78 is 17.1. The van der Waals surface area contributed by atoms with Crippen LogP contribution in [0.15, 0.2) is 66.6 Å². The van der Waals surface area contributed by atoms with Gasteiger partial charge in [-0.05, 0) is 30.9 Å². The fourth-order valence-corrected chi connectivity index (χ4v) is 4.37. The molecule has 5 heteroatoms. The molecule has 152 valence electrons. The number of amides is 1. The van der Waals surface area contributed by atoms with Gasteiger partial charge in [-0.25, -0.2) is 0 Å². The number of carbonyl (C=O) groups is 1. The van der Waals surface area contributed by atoms with Crippen molar-refractivity contribution >= 4 is 5.91 Å². The van der Waals surface area contributed by atoms with Crippen LogP contribution in [0.2, 0.25) is 0 Å². The summed E-state index contributed by atoms with van der Waals surface area (Å²) in [6, 6.07) is 18.1. The van der Waals surface area contributed by atoms with Gasteiger partial charge < -0.3 is 19.1 Å². The molecule has 2 aromatic rings. The van der Waals surface area contributed by atoms with E-state index in [4.69, 9.17) is 14.2 Å². The van der Waals surface area contributed by atoms with Crippen molar-refractivity contribution in [3.63, 3.8) is 0 Å². The van der Waals surface area contributed by atoms with Crippen LogP contribution in [-0.4, -0.2) is 37.8 Å². The SMILES string of the molecule is COc1ccccc1C(CC(=O)N1CCCC1)(Cc1ccccc1)C1=COCO1. The molecule has 29 heavy (non-hydrogen) atoms. The lowest BCUT2D eigenvalue weighted by Gasteiger charge is -2.36. The lowest BCUT2D eigenvalue weighted by Crippen LogP contribution is -2.40. The second-order valence-corrected chi connectivity index (χ2v) is 7.62. The number of nitrogens with zero attached hydrogens (tertiary/aromatic N) is 1. The van der Waals surface area contributed by atoms with Crippen molar-refractivity contribution in [2.24, 2.45) is 0 Å². The first-order chi connectivity index (χ1) is 14.2. The van der Waals surface area contributed by atoms with Gasteiger partial charge in [0.2, 0.25) is 12.7 Å². The molecule has 1 atom stereocenters. The van der Waals surface area contributed by atoms with Crippen LogP contribution in [0.25, 0.3) is 0 Å². The van der Waals surface area contributed by atoms with E-state index in [1.165, 1.54) is 0 Å². The van der Waals surface area contributed by atoms with Crippen LogP contribution in [0.5, 0.6) is 5.75 Å². The minimum absolute atomic E-state index is 0.140. The number of allylic oxidation sites excluding steroid dienone is 1. The zero-order chi connectivity index (χ0) is 20.1. The van der Waals surface area contributed by atoms with Crippen LogP contribution < -0.4 is 4.74 Å². The summed E-state index contributed by atoms with van der Waals surface area (Å²) in [7, 11) is 1.66. The number of ether oxygens (including phenoxy) is 3. The Morgan fingerprint density at radius 3 is 2.48 bits per heavy atom. The quantitative estimate of drug-likeness (QED) is 0.713. The molecule has 1 unspecified atom stereocenters. The Labute approximate surface area is 171 Å². The van der Waals surface area contributed by atoms with Crippen molar-refractivity contribution in [3.8, 4) is 5.75 Å². The molecule has 2 aliphatic rings. The third-order valence-electron chi connectivity index (χ3n) is 5.83. The van der Waals surface area contributed by atoms with E-state index >= 15 is 0 Å². The fourth-order valence-electron chi connectivity index (χ4n) is 4.37. The molecule has 0 radical (unpaired) electrons. The van der Waals surface area contributed by atoms with E-state index in [9.17, 15) is 4.79 Å². The average Bonchev–Trinajstić information content (AvgIpc) is 3.48. The molecule has 2 aromatic carbocycles. The lowest BCUT2D eigenvalue weighted by atomic mass is 9.70. The number of benzene rings is 2. The lowest BCUT2D eigenvalue weighted by molar-refractivity contribution is -0.131. The Balaban J connectivity index is 1.83. The van der Waals surface area contributed by atoms with Crippen LogP contribution in [0.3, 0.4) is 0 Å². The molecule has 4 rings (SSSR count). The minimum Gasteiger partial charge on any atom is -0.496 e. The van der Waals surface area contributed by atoms with Crippen LogP contribution in [-0.2, 0) is 26.1 Å². The maximum absolute atomic E-state index is 13.3. The predicted molar refractivity (Wildman–Crippen MR) is 110 cm³/mol. The molecule has 5 nitrogen and oxygen atoms in total. The molecule has 0 saturated carbocycles. The van der Waals surface area contributed by atoms with Gasteiger partial charge in [-0.1, -0.05) is 48.5 Å². The fraction of sp³-hybridized carbons (Fsp3) is 0.375. The van der Waals surface area contributed by atoms with Crippen LogP contribution in [0.1, 0.15) is 30.4 Å². The molecular formula is C24H27NO4. The number of hydrogen-bond donors (Lipinski definition) is 0. The predicted octanol–water partition coefficient (Wildman–Crippen LogP) is 4.03. The molecular weight excluding hydrogens is 366 g/mol. The molecule has 0 N–H and O–H groups in total. The molecule has 0 spiro atoms. The third kappa shape index (κ3) is 3.95. The van der Waals surface area contributed by atoms with Crippen molar-refractivity contribution in [2.45, 2.75) is 31.1 Å². The Hall–Kier alpha value is -2.95. The Kier molecular flexibility index (Phi) is 5.74. The summed E-state index contributed by atoms with van der Waals surface area (Å²) in [6.45, 7) is 1.81. The highest BCUT2D eigenvalue weighted by Gasteiger charge is 2.45. The maximum Gasteiger partial charge on any atom is 0.229 e. The second-order valence-electron chi connectivity index (χ2n) is 7.62. The second kappa shape index (κ2) is 8.60. The maximum atomic E-state index is 13.3. The molecule has 0 aromatic heterocycles. The van der Waals surface area contributed by atoms with Gasteiger partial charge in [0.15, 0.2) is 0 Å². The zero-order valence-electron chi connectivity index (χ0n) is 16.8. The Bertz CT molecular complexity index is 873. The first-order valence-electron chi connectivity index (χ1n) is 10.1. The molecule has 2 heterocycles. The van der Waals surface area contributed by atoms with Crippen molar-refractivity contribution in [3.05, 3.63) is 77.7 Å². The number of hydrogen-bond acceptors (Lipinski definition) is 4. The summed E-state index contributed by atoms with van der Waals surface area (Å²) in [4.78, 5) is 15.3. The van der Waals surface area contributed by atoms with Gasteiger partial charge in [0.1, 0.15) is 17.8 Å². The number of likely N-dealkylation sites (tertiary alicyclic amines) is 1. The van der Waals surface area contributed by atoms with Crippen molar-refractivity contribution < 1.29 is 19.0 Å². The standard InChI is InChI=1S/C24H27NO4/c1-27-21-12-6-5-11-20(21)24(22-17-28-18-29-22,15-19-9-3-2-4-10-19)16-23(26)25-13-7-8-14-25/h2-6,9-12,17H,7-8,13-16,18H2,1H3. The topological polar surface area (TPSA) is 48.0 Å². The molecule has 2 aliphatic heterocycles. The van der Waals surface area contributed by atoms with Gasteiger partial charge in [0.25, 0.3) is 0 Å². The van der Waals surface area contributed by atoms with Gasteiger partial charge in [-0.15, -0.1) is 0 Å². The summed E-state index contributed by atoms with van der Waals surface area (Å²) in [6.07, 6.45) is 4.70. The largest absolute Gasteiger partial charge is 0.496 e. The highest BCUT2D eigenvalue weighted by Crippen LogP contribution is 2.45. The number of methoxy groups -OCH3 is 1. The normalized spacial score (nSPS) is 17.8. The molecule has 1 saturated heterocycles. The molecule has 0 aliphatic carbocycles. The van der Waals surface area contributed by atoms with E-state index in [0.29, 0.717) is 18.6 Å². The molecule has 1 fully saturated rings. The molecule has 0 bridgehead atoms. The first-order valence-corrected chi connectivity index (χ1v) is 10.1. The van der Waals surface area contributed by atoms with Crippen LogP contribution in [0.4, 0.5) is 0 Å². The smallest absolute Gasteiger partial charge is 0.229 e. The third-order valence-corrected chi connectivity index (χ3v) is 5.83. The summed E-state index contributed by atoms with van der Waals surface area (Å²) >= 11 is 0. The van der Waals surface area contributed by atoms with E-state index in [1.807, 2.05) is 47.4 Å². The van der Waals surface area contributed by atoms with Gasteiger partial charge in [-0.2, -0.15) is 0 Å². The summed E-state index contributed by atoms with van der Waals surface area (Å²) in [5, 5.41) is 0. The van der Waals surface area contributed by atoms with E-state index in [0.717, 1.165) is 42.8 Å². The van der Waals surface area contributed by atoms with Crippen LogP contribution >= 0.6 is 0 Å². The van der Waals surface area contributed by atoms with E-state index in [2.05, 4.69) is 12.1 Å². The van der Waals surface area contributed by atoms with Crippen molar-refractivity contribution in [1.82, 2.24) is 4.90 Å². The number of para-hydroxylation sites is 1. The summed E-state index contributed by atoms with van der Waals surface area (Å²) in [5.74, 6) is 1.56. The minimum atomic E-state index is -0.704. The zero-order valence-corrected chi connectivity index (χ0v) is 16.8. The first kappa shape index (κ1) is 19.4. The highest BCUT2D eigenvalue weighted by atomic mass is 16.7. The van der Waals surface area contributed by atoms with Gasteiger partial charge in [-0.3, -0.25) is 4.79 Å². The van der Waals surface area contributed by atoms with Gasteiger partial charge in [0.05, 0.1) is 12.5 Å². The van der Waals surface area contributed by atoms with Crippen molar-refractivity contribution in [2.75, 3.05) is 27.0 Å². The Morgan fingerprint density at radius 1 is 1.07 bits per heavy atom. The van der Waals surface area contributed by atoms with E-state index in [1.54, 1.807) is 13.4 Å². The number of carbonyl (C=O) groups excluding carboxylic acids is 1. The van der Waals surface area contributed by atoms with Gasteiger partial charge in [0, 0.05) is 25.1 Å². The van der Waals surface area contributed by atoms with Gasteiger partial charge >= 0.3 is 0 Å². The van der Waals surface area contributed by atoms with Crippen molar-refractivity contribution in [1.29, 1.82) is 0 Å².